The molecule has 2 aromatic carbocycles. The van der Waals surface area contributed by atoms with E-state index in [0.29, 0.717) is 0 Å². The fourth-order valence-electron chi connectivity index (χ4n) is 3.11. The number of para-hydroxylation sites is 1. The summed E-state index contributed by atoms with van der Waals surface area (Å²) >= 11 is 5.99. The Hall–Kier alpha value is -2.49. The van der Waals surface area contributed by atoms with Gasteiger partial charge in [-0.05, 0) is 41.5 Å². The smallest absolute Gasteiger partial charge is 0.117 e. The second kappa shape index (κ2) is 7.18. The summed E-state index contributed by atoms with van der Waals surface area (Å²) in [4.78, 5) is 0. The summed E-state index contributed by atoms with van der Waals surface area (Å²) in [6.07, 6.45) is 3.93. The van der Waals surface area contributed by atoms with Crippen molar-refractivity contribution in [3.05, 3.63) is 95.0 Å². The van der Waals surface area contributed by atoms with Crippen LogP contribution in [0.2, 0.25) is 5.02 Å². The molecule has 0 spiro atoms. The van der Waals surface area contributed by atoms with Gasteiger partial charge in [-0.2, -0.15) is 0 Å². The molecule has 4 heteroatoms. The first-order chi connectivity index (χ1) is 12.3. The molecule has 4 rings (SSSR count). The van der Waals surface area contributed by atoms with Crippen LogP contribution in [0.5, 0.6) is 0 Å². The van der Waals surface area contributed by atoms with Gasteiger partial charge in [-0.1, -0.05) is 41.9 Å². The molecule has 0 bridgehead atoms. The highest BCUT2D eigenvalue weighted by Crippen LogP contribution is 2.23. The zero-order valence-electron chi connectivity index (χ0n) is 13.8. The Kier molecular flexibility index (Phi) is 4.59. The number of furan rings is 1. The van der Waals surface area contributed by atoms with Gasteiger partial charge < -0.3 is 14.3 Å². The number of hydrogen-bond donors (Lipinski definition) is 1. The van der Waals surface area contributed by atoms with E-state index in [2.05, 4.69) is 52.5 Å². The van der Waals surface area contributed by atoms with Gasteiger partial charge in [0, 0.05) is 35.2 Å². The highest BCUT2D eigenvalue weighted by atomic mass is 35.5. The molecule has 0 saturated carbocycles. The van der Waals surface area contributed by atoms with E-state index in [-0.39, 0.29) is 0 Å². The largest absolute Gasteiger partial charge is 0.468 e. The monoisotopic (exact) mass is 350 g/mol. The third kappa shape index (κ3) is 3.63. The molecule has 0 aliphatic rings. The lowest BCUT2D eigenvalue weighted by Gasteiger charge is -2.05. The fraction of sp³-hybridized carbons (Fsp3) is 0.143. The van der Waals surface area contributed by atoms with Crippen LogP contribution < -0.4 is 5.32 Å². The molecule has 2 heterocycles. The molecule has 0 atom stereocenters. The van der Waals surface area contributed by atoms with E-state index in [0.717, 1.165) is 30.4 Å². The minimum absolute atomic E-state index is 0.726. The zero-order valence-corrected chi connectivity index (χ0v) is 14.5. The minimum atomic E-state index is 0.726. The summed E-state index contributed by atoms with van der Waals surface area (Å²) in [6, 6.07) is 20.4. The maximum absolute atomic E-state index is 5.99. The lowest BCUT2D eigenvalue weighted by Crippen LogP contribution is -2.11. The number of hydrogen-bond acceptors (Lipinski definition) is 2. The van der Waals surface area contributed by atoms with Crippen molar-refractivity contribution in [1.82, 2.24) is 9.88 Å². The molecule has 0 saturated heterocycles. The van der Waals surface area contributed by atoms with E-state index in [9.17, 15) is 0 Å². The van der Waals surface area contributed by atoms with Crippen LogP contribution in [0.25, 0.3) is 10.9 Å². The minimum Gasteiger partial charge on any atom is -0.468 e. The van der Waals surface area contributed by atoms with Crippen molar-refractivity contribution in [2.45, 2.75) is 19.6 Å². The van der Waals surface area contributed by atoms with E-state index in [1.165, 1.54) is 22.0 Å². The Labute approximate surface area is 151 Å². The summed E-state index contributed by atoms with van der Waals surface area (Å²) in [7, 11) is 0. The molecule has 4 aromatic rings. The number of fused-ring (bicyclic) bond motifs is 1. The van der Waals surface area contributed by atoms with Crippen LogP contribution in [0.15, 0.2) is 77.5 Å². The van der Waals surface area contributed by atoms with Crippen molar-refractivity contribution in [1.29, 1.82) is 0 Å². The van der Waals surface area contributed by atoms with Crippen LogP contribution in [-0.4, -0.2) is 4.57 Å². The van der Waals surface area contributed by atoms with Gasteiger partial charge in [0.05, 0.1) is 12.8 Å². The summed E-state index contributed by atoms with van der Waals surface area (Å²) in [5, 5.41) is 5.50. The maximum Gasteiger partial charge on any atom is 0.117 e. The average molecular weight is 351 g/mol. The molecule has 3 nitrogen and oxygen atoms in total. The summed E-state index contributed by atoms with van der Waals surface area (Å²) in [5.41, 5.74) is 3.77. The van der Waals surface area contributed by atoms with Crippen LogP contribution >= 0.6 is 11.6 Å². The van der Waals surface area contributed by atoms with Gasteiger partial charge in [0.25, 0.3) is 0 Å². The first-order valence-corrected chi connectivity index (χ1v) is 8.72. The molecule has 2 aromatic heterocycles. The van der Waals surface area contributed by atoms with Gasteiger partial charge in [0.1, 0.15) is 5.76 Å². The predicted molar refractivity (Wildman–Crippen MR) is 102 cm³/mol. The van der Waals surface area contributed by atoms with Crippen LogP contribution in [0.4, 0.5) is 0 Å². The SMILES string of the molecule is Clc1ccc(Cn2cc(CNCc3ccco3)c3ccccc32)cc1. The fourth-order valence-corrected chi connectivity index (χ4v) is 3.24. The first kappa shape index (κ1) is 16.0. The van der Waals surface area contributed by atoms with Crippen LogP contribution in [0.1, 0.15) is 16.9 Å². The molecule has 126 valence electrons. The molecule has 1 N–H and O–H groups in total. The number of nitrogens with one attached hydrogen (secondary N) is 1. The Morgan fingerprint density at radius 1 is 0.920 bits per heavy atom. The van der Waals surface area contributed by atoms with E-state index in [1.54, 1.807) is 6.26 Å². The summed E-state index contributed by atoms with van der Waals surface area (Å²) in [5.74, 6) is 0.949. The van der Waals surface area contributed by atoms with Crippen molar-refractivity contribution in [2.75, 3.05) is 0 Å². The Balaban J connectivity index is 1.56. The van der Waals surface area contributed by atoms with Crippen LogP contribution in [0, 0.1) is 0 Å². The third-order valence-electron chi connectivity index (χ3n) is 4.33. The summed E-state index contributed by atoms with van der Waals surface area (Å²) < 4.78 is 7.67. The second-order valence-corrected chi connectivity index (χ2v) is 6.55. The average Bonchev–Trinajstić information content (AvgIpc) is 3.26. The van der Waals surface area contributed by atoms with Crippen molar-refractivity contribution in [3.8, 4) is 0 Å². The first-order valence-electron chi connectivity index (χ1n) is 8.34. The number of aromatic nitrogens is 1. The Morgan fingerprint density at radius 2 is 1.76 bits per heavy atom. The highest BCUT2D eigenvalue weighted by Gasteiger charge is 2.08. The van der Waals surface area contributed by atoms with Gasteiger partial charge in [-0.15, -0.1) is 0 Å². The molecule has 0 aliphatic carbocycles. The predicted octanol–water partition coefficient (Wildman–Crippen LogP) is 5.23. The Bertz CT molecular complexity index is 955. The molecule has 25 heavy (non-hydrogen) atoms. The lowest BCUT2D eigenvalue weighted by molar-refractivity contribution is 0.483. The molecule has 0 unspecified atom stereocenters. The van der Waals surface area contributed by atoms with E-state index >= 15 is 0 Å². The normalized spacial score (nSPS) is 11.2. The molecular weight excluding hydrogens is 332 g/mol. The van der Waals surface area contributed by atoms with E-state index in [1.807, 2.05) is 24.3 Å². The molecule has 0 fully saturated rings. The third-order valence-corrected chi connectivity index (χ3v) is 4.58. The van der Waals surface area contributed by atoms with Crippen molar-refractivity contribution in [2.24, 2.45) is 0 Å². The van der Waals surface area contributed by atoms with Gasteiger partial charge in [-0.25, -0.2) is 0 Å². The summed E-state index contributed by atoms with van der Waals surface area (Å²) in [6.45, 7) is 2.36. The quantitative estimate of drug-likeness (QED) is 0.516. The standard InChI is InChI=1S/C21H19ClN2O/c22-18-9-7-16(8-10-18)14-24-15-17(20-5-1-2-6-21(20)24)12-23-13-19-4-3-11-25-19/h1-11,15,23H,12-14H2. The number of benzene rings is 2. The van der Waals surface area contributed by atoms with Crippen molar-refractivity contribution < 1.29 is 4.42 Å². The van der Waals surface area contributed by atoms with Gasteiger partial charge in [0.2, 0.25) is 0 Å². The second-order valence-electron chi connectivity index (χ2n) is 6.11. The highest BCUT2D eigenvalue weighted by molar-refractivity contribution is 6.30. The van der Waals surface area contributed by atoms with Crippen molar-refractivity contribution >= 4 is 22.5 Å². The lowest BCUT2D eigenvalue weighted by atomic mass is 10.2. The number of halogens is 1. The van der Waals surface area contributed by atoms with Crippen LogP contribution in [-0.2, 0) is 19.6 Å². The van der Waals surface area contributed by atoms with E-state index in [4.69, 9.17) is 16.0 Å². The van der Waals surface area contributed by atoms with Gasteiger partial charge >= 0.3 is 0 Å². The molecule has 0 amide bonds. The van der Waals surface area contributed by atoms with Gasteiger partial charge in [0.15, 0.2) is 0 Å². The Morgan fingerprint density at radius 3 is 2.56 bits per heavy atom. The number of nitrogens with zero attached hydrogens (tertiary/aromatic N) is 1. The number of rotatable bonds is 6. The van der Waals surface area contributed by atoms with Crippen molar-refractivity contribution in [3.63, 3.8) is 0 Å². The van der Waals surface area contributed by atoms with Gasteiger partial charge in [-0.3, -0.25) is 0 Å². The molecule has 0 radical (unpaired) electrons. The van der Waals surface area contributed by atoms with Crippen LogP contribution in [0.3, 0.4) is 0 Å². The molecular formula is C21H19ClN2O. The van der Waals surface area contributed by atoms with E-state index < -0.39 is 0 Å². The zero-order chi connectivity index (χ0) is 17.1. The molecule has 0 aliphatic heterocycles. The topological polar surface area (TPSA) is 30.1 Å². The maximum atomic E-state index is 5.99.